The Labute approximate surface area is 182 Å². The summed E-state index contributed by atoms with van der Waals surface area (Å²) in [7, 11) is 1.42. The van der Waals surface area contributed by atoms with Gasteiger partial charge in [-0.2, -0.15) is 9.37 Å². The van der Waals surface area contributed by atoms with E-state index >= 15 is 0 Å². The number of likely N-dealkylation sites (tertiary alicyclic amines) is 1. The monoisotopic (exact) mass is 448 g/mol. The third-order valence-electron chi connectivity index (χ3n) is 5.20. The normalized spacial score (nSPS) is 19.0. The highest BCUT2D eigenvalue weighted by molar-refractivity contribution is 7.15. The Morgan fingerprint density at radius 1 is 1.32 bits per heavy atom. The van der Waals surface area contributed by atoms with Gasteiger partial charge in [0.15, 0.2) is 16.7 Å². The van der Waals surface area contributed by atoms with Gasteiger partial charge in [0.1, 0.15) is 6.10 Å². The molecule has 2 aromatic heterocycles. The molecule has 1 aliphatic rings. The zero-order valence-corrected chi connectivity index (χ0v) is 18.1. The molecule has 31 heavy (non-hydrogen) atoms. The van der Waals surface area contributed by atoms with Gasteiger partial charge in [0.25, 0.3) is 0 Å². The third kappa shape index (κ3) is 4.75. The average Bonchev–Trinajstić information content (AvgIpc) is 3.22. The van der Waals surface area contributed by atoms with E-state index in [-0.39, 0.29) is 28.9 Å². The first-order valence-corrected chi connectivity index (χ1v) is 10.6. The van der Waals surface area contributed by atoms with Crippen LogP contribution in [0.15, 0.2) is 24.4 Å². The van der Waals surface area contributed by atoms with Crippen LogP contribution in [0.3, 0.4) is 0 Å². The van der Waals surface area contributed by atoms with Crippen LogP contribution in [0.1, 0.15) is 25.1 Å². The molecular formula is C21H22F2N4O3S. The van der Waals surface area contributed by atoms with Gasteiger partial charge in [-0.05, 0) is 24.4 Å². The van der Waals surface area contributed by atoms with Crippen LogP contribution in [-0.2, 0) is 11.3 Å². The Bertz CT molecular complexity index is 1120. The van der Waals surface area contributed by atoms with Gasteiger partial charge in [-0.1, -0.05) is 11.3 Å². The van der Waals surface area contributed by atoms with Crippen LogP contribution in [0.2, 0.25) is 0 Å². The first-order chi connectivity index (χ1) is 14.8. The van der Waals surface area contributed by atoms with Gasteiger partial charge in [-0.3, -0.25) is 9.69 Å². The van der Waals surface area contributed by atoms with Gasteiger partial charge in [0, 0.05) is 50.1 Å². The maximum atomic E-state index is 14.2. The molecule has 4 rings (SSSR count). The fraction of sp³-hybridized carbons (Fsp3) is 0.381. The molecule has 1 amide bonds. The Morgan fingerprint density at radius 2 is 2.13 bits per heavy atom. The molecule has 1 aliphatic heterocycles. The van der Waals surface area contributed by atoms with Crippen molar-refractivity contribution in [2.45, 2.75) is 39.0 Å². The SMILES string of the molecule is COc1cc2cnc(O[C@@H]3C[C@H](C)N(Cc4sc(NC(C)=O)nc4F)C3)cc2cc1F. The van der Waals surface area contributed by atoms with Crippen LogP contribution < -0.4 is 14.8 Å². The van der Waals surface area contributed by atoms with Crippen molar-refractivity contribution in [3.05, 3.63) is 41.0 Å². The van der Waals surface area contributed by atoms with Crippen LogP contribution in [-0.4, -0.2) is 46.6 Å². The second-order valence-electron chi connectivity index (χ2n) is 7.52. The van der Waals surface area contributed by atoms with E-state index in [1.165, 1.54) is 20.1 Å². The first-order valence-electron chi connectivity index (χ1n) is 9.79. The third-order valence-corrected chi connectivity index (χ3v) is 6.13. The lowest BCUT2D eigenvalue weighted by Crippen LogP contribution is -2.28. The van der Waals surface area contributed by atoms with E-state index in [1.807, 2.05) is 6.92 Å². The average molecular weight is 448 g/mol. The number of rotatable bonds is 6. The Morgan fingerprint density at radius 3 is 2.87 bits per heavy atom. The summed E-state index contributed by atoms with van der Waals surface area (Å²) in [5, 5.41) is 4.19. The molecule has 0 spiro atoms. The number of anilines is 1. The number of aromatic nitrogens is 2. The van der Waals surface area contributed by atoms with Gasteiger partial charge in [-0.15, -0.1) is 0 Å². The van der Waals surface area contributed by atoms with E-state index in [9.17, 15) is 13.6 Å². The second-order valence-corrected chi connectivity index (χ2v) is 8.61. The topological polar surface area (TPSA) is 76.6 Å². The zero-order chi connectivity index (χ0) is 22.1. The number of halogens is 2. The molecule has 3 aromatic rings. The van der Waals surface area contributed by atoms with Gasteiger partial charge in [-0.25, -0.2) is 9.37 Å². The minimum Gasteiger partial charge on any atom is -0.494 e. The van der Waals surface area contributed by atoms with E-state index in [0.29, 0.717) is 29.2 Å². The maximum Gasteiger partial charge on any atom is 0.230 e. The maximum absolute atomic E-state index is 14.2. The Hall–Kier alpha value is -2.85. The molecule has 0 bridgehead atoms. The molecule has 1 saturated heterocycles. The number of hydrogen-bond acceptors (Lipinski definition) is 7. The highest BCUT2D eigenvalue weighted by Gasteiger charge is 2.32. The number of hydrogen-bond donors (Lipinski definition) is 1. The summed E-state index contributed by atoms with van der Waals surface area (Å²) in [6.07, 6.45) is 2.24. The van der Waals surface area contributed by atoms with Crippen LogP contribution in [0.25, 0.3) is 10.8 Å². The lowest BCUT2D eigenvalue weighted by Gasteiger charge is -2.19. The van der Waals surface area contributed by atoms with Crippen molar-refractivity contribution < 1.29 is 23.0 Å². The lowest BCUT2D eigenvalue weighted by atomic mass is 10.1. The first kappa shape index (κ1) is 21.4. The summed E-state index contributed by atoms with van der Waals surface area (Å²) >= 11 is 1.13. The number of pyridine rings is 1. The van der Waals surface area contributed by atoms with Crippen molar-refractivity contribution >= 4 is 33.1 Å². The predicted molar refractivity (Wildman–Crippen MR) is 114 cm³/mol. The summed E-state index contributed by atoms with van der Waals surface area (Å²) in [6, 6.07) is 4.86. The van der Waals surface area contributed by atoms with Gasteiger partial charge in [0.2, 0.25) is 17.7 Å². The van der Waals surface area contributed by atoms with E-state index in [2.05, 4.69) is 20.2 Å². The van der Waals surface area contributed by atoms with Crippen LogP contribution >= 0.6 is 11.3 Å². The number of nitrogens with one attached hydrogen (secondary N) is 1. The number of methoxy groups -OCH3 is 1. The number of ether oxygens (including phenoxy) is 2. The van der Waals surface area contributed by atoms with Crippen LogP contribution in [0, 0.1) is 11.8 Å². The minimum atomic E-state index is -0.570. The van der Waals surface area contributed by atoms with Crippen molar-refractivity contribution in [1.29, 1.82) is 0 Å². The molecule has 1 N–H and O–H groups in total. The molecule has 0 unspecified atom stereocenters. The van der Waals surface area contributed by atoms with Crippen molar-refractivity contribution in [3.8, 4) is 11.6 Å². The van der Waals surface area contributed by atoms with E-state index < -0.39 is 11.8 Å². The summed E-state index contributed by atoms with van der Waals surface area (Å²) in [5.41, 5.74) is 0. The second kappa shape index (κ2) is 8.72. The van der Waals surface area contributed by atoms with Crippen molar-refractivity contribution in [1.82, 2.24) is 14.9 Å². The highest BCUT2D eigenvalue weighted by atomic mass is 32.1. The summed E-state index contributed by atoms with van der Waals surface area (Å²) in [5.74, 6) is -0.727. The summed E-state index contributed by atoms with van der Waals surface area (Å²) in [4.78, 5) is 21.8. The number of amides is 1. The molecular weight excluding hydrogens is 426 g/mol. The van der Waals surface area contributed by atoms with E-state index in [1.54, 1.807) is 18.3 Å². The smallest absolute Gasteiger partial charge is 0.230 e. The van der Waals surface area contributed by atoms with Gasteiger partial charge < -0.3 is 14.8 Å². The standard InChI is InChI=1S/C21H22F2N4O3S/c1-11-4-15(9-27(11)10-18-20(23)26-21(31-18)25-12(2)28)30-19-7-13-5-16(22)17(29-3)6-14(13)8-24-19/h5-8,11,15H,4,9-10H2,1-3H3,(H,25,26,28)/t11-,15+/m0/s1. The van der Waals surface area contributed by atoms with Gasteiger partial charge >= 0.3 is 0 Å². The number of fused-ring (bicyclic) bond motifs is 1. The minimum absolute atomic E-state index is 0.131. The molecule has 10 heteroatoms. The molecule has 0 saturated carbocycles. The van der Waals surface area contributed by atoms with E-state index in [4.69, 9.17) is 9.47 Å². The molecule has 1 fully saturated rings. The summed E-state index contributed by atoms with van der Waals surface area (Å²) < 4.78 is 39.2. The van der Waals surface area contributed by atoms with Crippen LogP contribution in [0.4, 0.5) is 13.9 Å². The number of thiazole rings is 1. The largest absolute Gasteiger partial charge is 0.494 e. The van der Waals surface area contributed by atoms with Crippen molar-refractivity contribution in [2.24, 2.45) is 0 Å². The molecule has 0 aliphatic carbocycles. The molecule has 0 radical (unpaired) electrons. The van der Waals surface area contributed by atoms with E-state index in [0.717, 1.165) is 23.1 Å². The molecule has 2 atom stereocenters. The van der Waals surface area contributed by atoms with Gasteiger partial charge in [0.05, 0.1) is 12.0 Å². The van der Waals surface area contributed by atoms with Crippen molar-refractivity contribution in [2.75, 3.05) is 19.0 Å². The fourth-order valence-electron chi connectivity index (χ4n) is 3.69. The predicted octanol–water partition coefficient (Wildman–Crippen LogP) is 3.98. The molecule has 7 nitrogen and oxygen atoms in total. The van der Waals surface area contributed by atoms with Crippen LogP contribution in [0.5, 0.6) is 11.6 Å². The zero-order valence-electron chi connectivity index (χ0n) is 17.3. The number of nitrogens with zero attached hydrogens (tertiary/aromatic N) is 3. The number of benzene rings is 1. The quantitative estimate of drug-likeness (QED) is 0.615. The van der Waals surface area contributed by atoms with Crippen molar-refractivity contribution in [3.63, 3.8) is 0 Å². The number of carbonyl (C=O) groups excluding carboxylic acids is 1. The highest BCUT2D eigenvalue weighted by Crippen LogP contribution is 2.30. The Balaban J connectivity index is 1.43. The lowest BCUT2D eigenvalue weighted by molar-refractivity contribution is -0.114. The molecule has 164 valence electrons. The Kier molecular flexibility index (Phi) is 6.01. The molecule has 3 heterocycles. The fourth-order valence-corrected chi connectivity index (χ4v) is 4.60. The number of carbonyl (C=O) groups is 1. The summed E-state index contributed by atoms with van der Waals surface area (Å²) in [6.45, 7) is 4.37. The molecule has 1 aromatic carbocycles.